The Morgan fingerprint density at radius 3 is 2.55 bits per heavy atom. The van der Waals surface area contributed by atoms with Gasteiger partial charge < -0.3 is 15.2 Å². The molecule has 1 aromatic carbocycles. The largest absolute Gasteiger partial charge is 0.344 e. The number of rotatable bonds is 4. The van der Waals surface area contributed by atoms with Gasteiger partial charge in [0.25, 0.3) is 11.8 Å². The van der Waals surface area contributed by atoms with Crippen LogP contribution in [0.25, 0.3) is 0 Å². The van der Waals surface area contributed by atoms with Crippen molar-refractivity contribution >= 4 is 17.5 Å². The minimum Gasteiger partial charge on any atom is -0.344 e. The highest BCUT2D eigenvalue weighted by atomic mass is 16.2. The van der Waals surface area contributed by atoms with Gasteiger partial charge in [0, 0.05) is 12.7 Å². The summed E-state index contributed by atoms with van der Waals surface area (Å²) in [5, 5.41) is 5.35. The highest BCUT2D eigenvalue weighted by Crippen LogP contribution is 2.17. The number of amides is 2. The quantitative estimate of drug-likeness (QED) is 0.847. The molecule has 0 saturated carbocycles. The van der Waals surface area contributed by atoms with Crippen LogP contribution >= 0.6 is 0 Å². The van der Waals surface area contributed by atoms with Crippen molar-refractivity contribution in [1.29, 1.82) is 0 Å². The van der Waals surface area contributed by atoms with Gasteiger partial charge in [-0.15, -0.1) is 6.42 Å². The number of nitrogens with zero attached hydrogens (tertiary/aromatic N) is 1. The van der Waals surface area contributed by atoms with E-state index in [-0.39, 0.29) is 18.4 Å². The molecule has 0 aliphatic heterocycles. The molecule has 2 aromatic rings. The number of aryl methyl sites for hydroxylation is 1. The van der Waals surface area contributed by atoms with E-state index < -0.39 is 0 Å². The number of carbonyl (C=O) groups excluding carboxylic acids is 2. The lowest BCUT2D eigenvalue weighted by molar-refractivity contribution is 0.0959. The molecule has 0 saturated heterocycles. The topological polar surface area (TPSA) is 63.1 Å². The molecule has 0 aliphatic rings. The van der Waals surface area contributed by atoms with E-state index in [9.17, 15) is 9.59 Å². The Morgan fingerprint density at radius 2 is 1.91 bits per heavy atom. The molecule has 2 N–H and O–H groups in total. The van der Waals surface area contributed by atoms with Crippen LogP contribution in [0.1, 0.15) is 26.5 Å². The fraction of sp³-hybridized carbons (Fsp3) is 0.176. The van der Waals surface area contributed by atoms with Gasteiger partial charge in [-0.2, -0.15) is 0 Å². The third-order valence-electron chi connectivity index (χ3n) is 3.38. The van der Waals surface area contributed by atoms with E-state index in [0.717, 1.165) is 5.69 Å². The lowest BCUT2D eigenvalue weighted by Crippen LogP contribution is -2.25. The molecule has 5 nitrogen and oxygen atoms in total. The van der Waals surface area contributed by atoms with Gasteiger partial charge in [0.15, 0.2) is 0 Å². The molecule has 0 aliphatic carbocycles. The Hall–Kier alpha value is -3.00. The number of hydrogen-bond donors (Lipinski definition) is 2. The second-order valence-electron chi connectivity index (χ2n) is 4.81. The molecule has 0 spiro atoms. The van der Waals surface area contributed by atoms with Crippen LogP contribution in [-0.4, -0.2) is 22.9 Å². The fourth-order valence-electron chi connectivity index (χ4n) is 2.04. The number of anilines is 1. The Kier molecular flexibility index (Phi) is 4.64. The van der Waals surface area contributed by atoms with Crippen LogP contribution in [0.15, 0.2) is 36.4 Å². The molecule has 0 atom stereocenters. The fourth-order valence-corrected chi connectivity index (χ4v) is 2.04. The first-order valence-corrected chi connectivity index (χ1v) is 6.79. The van der Waals surface area contributed by atoms with Crippen LogP contribution in [0, 0.1) is 19.3 Å². The maximum Gasteiger partial charge on any atom is 0.272 e. The van der Waals surface area contributed by atoms with E-state index in [2.05, 4.69) is 16.6 Å². The number of carbonyl (C=O) groups is 2. The van der Waals surface area contributed by atoms with Crippen LogP contribution in [-0.2, 0) is 7.05 Å². The molecule has 5 heteroatoms. The predicted molar refractivity (Wildman–Crippen MR) is 85.7 cm³/mol. The van der Waals surface area contributed by atoms with Crippen LogP contribution in [0.4, 0.5) is 5.69 Å². The van der Waals surface area contributed by atoms with Gasteiger partial charge in [-0.3, -0.25) is 9.59 Å². The summed E-state index contributed by atoms with van der Waals surface area (Å²) in [6.45, 7) is 2.05. The van der Waals surface area contributed by atoms with E-state index in [4.69, 9.17) is 6.42 Å². The molecule has 0 radical (unpaired) electrons. The molecule has 1 heterocycles. The molecule has 0 unspecified atom stereocenters. The first kappa shape index (κ1) is 15.4. The summed E-state index contributed by atoms with van der Waals surface area (Å²) in [4.78, 5) is 24.4. The maximum absolute atomic E-state index is 12.3. The SMILES string of the molecule is C#CCNC(=O)c1ccccc1NC(=O)c1ccc(C)n1C. The van der Waals surface area contributed by atoms with Crippen molar-refractivity contribution in [2.75, 3.05) is 11.9 Å². The number of para-hydroxylation sites is 1. The molecule has 22 heavy (non-hydrogen) atoms. The van der Waals surface area contributed by atoms with Crippen molar-refractivity contribution < 1.29 is 9.59 Å². The van der Waals surface area contributed by atoms with E-state index >= 15 is 0 Å². The van der Waals surface area contributed by atoms with E-state index in [1.54, 1.807) is 34.9 Å². The van der Waals surface area contributed by atoms with E-state index in [1.165, 1.54) is 0 Å². The van der Waals surface area contributed by atoms with Crippen molar-refractivity contribution in [3.63, 3.8) is 0 Å². The minimum atomic E-state index is -0.322. The van der Waals surface area contributed by atoms with Crippen LogP contribution < -0.4 is 10.6 Å². The second-order valence-corrected chi connectivity index (χ2v) is 4.81. The molecule has 2 amide bonds. The summed E-state index contributed by atoms with van der Waals surface area (Å²) in [5.41, 5.74) is 2.32. The summed E-state index contributed by atoms with van der Waals surface area (Å²) in [5.74, 6) is 1.75. The van der Waals surface area contributed by atoms with Gasteiger partial charge in [0.05, 0.1) is 17.8 Å². The summed E-state index contributed by atoms with van der Waals surface area (Å²) in [7, 11) is 1.82. The number of aromatic nitrogens is 1. The zero-order valence-electron chi connectivity index (χ0n) is 12.5. The van der Waals surface area contributed by atoms with Crippen molar-refractivity contribution in [2.24, 2.45) is 7.05 Å². The maximum atomic E-state index is 12.3. The van der Waals surface area contributed by atoms with Crippen molar-refractivity contribution in [3.8, 4) is 12.3 Å². The lowest BCUT2D eigenvalue weighted by atomic mass is 10.1. The molecular weight excluding hydrogens is 278 g/mol. The monoisotopic (exact) mass is 295 g/mol. The number of terminal acetylenes is 1. The van der Waals surface area contributed by atoms with Crippen molar-refractivity contribution in [1.82, 2.24) is 9.88 Å². The summed E-state index contributed by atoms with van der Waals surface area (Å²) in [6.07, 6.45) is 5.13. The van der Waals surface area contributed by atoms with Gasteiger partial charge >= 0.3 is 0 Å². The molecule has 0 bridgehead atoms. The normalized spacial score (nSPS) is 9.86. The highest BCUT2D eigenvalue weighted by molar-refractivity contribution is 6.08. The van der Waals surface area contributed by atoms with Crippen molar-refractivity contribution in [3.05, 3.63) is 53.3 Å². The predicted octanol–water partition coefficient (Wildman–Crippen LogP) is 1.95. The van der Waals surface area contributed by atoms with Crippen LogP contribution in [0.3, 0.4) is 0 Å². The third kappa shape index (κ3) is 3.18. The average molecular weight is 295 g/mol. The Morgan fingerprint density at radius 1 is 1.18 bits per heavy atom. The van der Waals surface area contributed by atoms with Gasteiger partial charge in [0.2, 0.25) is 0 Å². The number of hydrogen-bond acceptors (Lipinski definition) is 2. The van der Waals surface area contributed by atoms with Crippen LogP contribution in [0.2, 0.25) is 0 Å². The van der Waals surface area contributed by atoms with Gasteiger partial charge in [-0.25, -0.2) is 0 Å². The van der Waals surface area contributed by atoms with E-state index in [0.29, 0.717) is 16.9 Å². The molecule has 0 fully saturated rings. The summed E-state index contributed by atoms with van der Waals surface area (Å²) < 4.78 is 1.79. The molecular formula is C17H17N3O2. The van der Waals surface area contributed by atoms with Gasteiger partial charge in [0.1, 0.15) is 5.69 Å². The smallest absolute Gasteiger partial charge is 0.272 e. The van der Waals surface area contributed by atoms with Gasteiger partial charge in [-0.1, -0.05) is 18.1 Å². The first-order chi connectivity index (χ1) is 10.5. The molecule has 112 valence electrons. The lowest BCUT2D eigenvalue weighted by Gasteiger charge is -2.11. The second kappa shape index (κ2) is 6.64. The molecule has 1 aromatic heterocycles. The van der Waals surface area contributed by atoms with Gasteiger partial charge in [-0.05, 0) is 31.2 Å². The standard InChI is InChI=1S/C17H17N3O2/c1-4-11-18-16(21)13-7-5-6-8-14(13)19-17(22)15-10-9-12(2)20(15)3/h1,5-10H,11H2,2-3H3,(H,18,21)(H,19,22). The highest BCUT2D eigenvalue weighted by Gasteiger charge is 2.15. The number of nitrogens with one attached hydrogen (secondary N) is 2. The third-order valence-corrected chi connectivity index (χ3v) is 3.38. The first-order valence-electron chi connectivity index (χ1n) is 6.79. The Balaban J connectivity index is 2.23. The minimum absolute atomic E-state index is 0.137. The van der Waals surface area contributed by atoms with E-state index in [1.807, 2.05) is 20.0 Å². The summed E-state index contributed by atoms with van der Waals surface area (Å²) >= 11 is 0. The zero-order chi connectivity index (χ0) is 16.1. The number of benzene rings is 1. The summed E-state index contributed by atoms with van der Waals surface area (Å²) in [6, 6.07) is 10.4. The zero-order valence-corrected chi connectivity index (χ0v) is 12.5. The van der Waals surface area contributed by atoms with Crippen LogP contribution in [0.5, 0.6) is 0 Å². The molecule has 2 rings (SSSR count). The Bertz CT molecular complexity index is 754. The average Bonchev–Trinajstić information content (AvgIpc) is 2.85. The Labute approximate surface area is 129 Å². The van der Waals surface area contributed by atoms with Crippen molar-refractivity contribution in [2.45, 2.75) is 6.92 Å².